The maximum Gasteiger partial charge on any atom is 0.224 e. The van der Waals surface area contributed by atoms with Gasteiger partial charge in [0.1, 0.15) is 11.6 Å². The second kappa shape index (κ2) is 4.83. The molecule has 6 heteroatoms. The molecule has 21 heavy (non-hydrogen) atoms. The van der Waals surface area contributed by atoms with Crippen molar-refractivity contribution in [3.63, 3.8) is 0 Å². The Labute approximate surface area is 127 Å². The Balaban J connectivity index is 2.25. The molecule has 0 fully saturated rings. The molecule has 0 amide bonds. The first kappa shape index (κ1) is 13.5. The van der Waals surface area contributed by atoms with E-state index in [9.17, 15) is 5.26 Å². The van der Waals surface area contributed by atoms with E-state index in [-0.39, 0.29) is 11.8 Å². The molecule has 2 N–H and O–H groups in total. The lowest BCUT2D eigenvalue weighted by Crippen LogP contribution is -2.21. The number of nitriles is 1. The van der Waals surface area contributed by atoms with Crippen LogP contribution in [0.5, 0.6) is 5.88 Å². The van der Waals surface area contributed by atoms with E-state index in [1.807, 2.05) is 19.1 Å². The summed E-state index contributed by atoms with van der Waals surface area (Å²) in [5.41, 5.74) is 8.91. The molecule has 1 aromatic carbocycles. The lowest BCUT2D eigenvalue weighted by molar-refractivity contribution is 0.358. The van der Waals surface area contributed by atoms with Crippen LogP contribution >= 0.6 is 11.6 Å². The summed E-state index contributed by atoms with van der Waals surface area (Å²) < 4.78 is 7.21. The van der Waals surface area contributed by atoms with Crippen LogP contribution in [-0.2, 0) is 7.05 Å². The maximum absolute atomic E-state index is 9.45. The van der Waals surface area contributed by atoms with Gasteiger partial charge in [0.2, 0.25) is 11.8 Å². The highest BCUT2D eigenvalue weighted by Crippen LogP contribution is 2.43. The van der Waals surface area contributed by atoms with Gasteiger partial charge in [-0.05, 0) is 24.6 Å². The number of benzene rings is 1. The Morgan fingerprint density at radius 1 is 1.38 bits per heavy atom. The van der Waals surface area contributed by atoms with Gasteiger partial charge in [-0.25, -0.2) is 4.68 Å². The number of rotatable bonds is 1. The lowest BCUT2D eigenvalue weighted by atomic mass is 9.84. The van der Waals surface area contributed by atoms with Gasteiger partial charge in [-0.1, -0.05) is 23.7 Å². The number of fused-ring (bicyclic) bond motifs is 1. The van der Waals surface area contributed by atoms with Crippen LogP contribution in [0.4, 0.5) is 0 Å². The Bertz CT molecular complexity index is 783. The Kier molecular flexibility index (Phi) is 3.11. The molecule has 1 aliphatic heterocycles. The minimum absolute atomic E-state index is 0.118. The Hall–Kier alpha value is -2.45. The van der Waals surface area contributed by atoms with E-state index < -0.39 is 0 Å². The number of aromatic nitrogens is 2. The minimum Gasteiger partial charge on any atom is -0.422 e. The van der Waals surface area contributed by atoms with Crippen LogP contribution in [0.2, 0.25) is 5.02 Å². The van der Waals surface area contributed by atoms with Crippen molar-refractivity contribution < 1.29 is 4.74 Å². The Morgan fingerprint density at radius 3 is 2.67 bits per heavy atom. The van der Waals surface area contributed by atoms with E-state index in [4.69, 9.17) is 22.1 Å². The molecule has 0 saturated heterocycles. The summed E-state index contributed by atoms with van der Waals surface area (Å²) in [5, 5.41) is 14.5. The van der Waals surface area contributed by atoms with E-state index in [1.165, 1.54) is 0 Å². The van der Waals surface area contributed by atoms with Gasteiger partial charge in [0.15, 0.2) is 0 Å². The van der Waals surface area contributed by atoms with Gasteiger partial charge in [0, 0.05) is 12.1 Å². The predicted molar refractivity (Wildman–Crippen MR) is 78.7 cm³/mol. The van der Waals surface area contributed by atoms with Crippen molar-refractivity contribution in [2.24, 2.45) is 12.8 Å². The molecule has 0 aliphatic carbocycles. The van der Waals surface area contributed by atoms with E-state index in [2.05, 4.69) is 11.2 Å². The molecule has 3 rings (SSSR count). The van der Waals surface area contributed by atoms with Crippen LogP contribution in [0.3, 0.4) is 0 Å². The smallest absolute Gasteiger partial charge is 0.224 e. The zero-order valence-corrected chi connectivity index (χ0v) is 12.3. The molecule has 1 atom stereocenters. The molecule has 2 aromatic rings. The summed E-state index contributed by atoms with van der Waals surface area (Å²) in [7, 11) is 1.79. The van der Waals surface area contributed by atoms with Gasteiger partial charge in [0.05, 0.1) is 17.2 Å². The zero-order chi connectivity index (χ0) is 15.1. The third-order valence-corrected chi connectivity index (χ3v) is 3.84. The van der Waals surface area contributed by atoms with Crippen LogP contribution in [0.1, 0.15) is 22.7 Å². The fraction of sp³-hybridized carbons (Fsp3) is 0.200. The average molecular weight is 301 g/mol. The summed E-state index contributed by atoms with van der Waals surface area (Å²) in [6.07, 6.45) is 0. The highest BCUT2D eigenvalue weighted by atomic mass is 35.5. The molecular weight excluding hydrogens is 288 g/mol. The van der Waals surface area contributed by atoms with Gasteiger partial charge in [-0.15, -0.1) is 0 Å². The number of ether oxygens (including phenoxy) is 1. The molecule has 0 spiro atoms. The normalized spacial score (nSPS) is 17.1. The van der Waals surface area contributed by atoms with Gasteiger partial charge >= 0.3 is 0 Å². The van der Waals surface area contributed by atoms with E-state index in [0.29, 0.717) is 16.5 Å². The number of halogens is 1. The van der Waals surface area contributed by atoms with Gasteiger partial charge in [-0.3, -0.25) is 0 Å². The first-order valence-electron chi connectivity index (χ1n) is 6.39. The monoisotopic (exact) mass is 300 g/mol. The number of aryl methyl sites for hydroxylation is 2. The van der Waals surface area contributed by atoms with Crippen molar-refractivity contribution in [2.75, 3.05) is 0 Å². The standard InChI is InChI=1S/C15H13ClN4O/c1-8-12-13(9-3-5-10(16)6-4-9)11(7-17)14(18)21-15(12)20(2)19-8/h3-6,13H,18H2,1-2H3. The molecule has 5 nitrogen and oxygen atoms in total. The van der Waals surface area contributed by atoms with E-state index in [0.717, 1.165) is 16.8 Å². The molecule has 1 aliphatic rings. The van der Waals surface area contributed by atoms with Crippen LogP contribution in [-0.4, -0.2) is 9.78 Å². The van der Waals surface area contributed by atoms with E-state index in [1.54, 1.807) is 23.9 Å². The summed E-state index contributed by atoms with van der Waals surface area (Å²) in [4.78, 5) is 0. The van der Waals surface area contributed by atoms with Crippen LogP contribution < -0.4 is 10.5 Å². The lowest BCUT2D eigenvalue weighted by Gasteiger charge is -2.24. The number of nitrogens with two attached hydrogens (primary N) is 1. The average Bonchev–Trinajstić information content (AvgIpc) is 2.73. The van der Waals surface area contributed by atoms with Crippen molar-refractivity contribution in [1.82, 2.24) is 9.78 Å². The van der Waals surface area contributed by atoms with Crippen LogP contribution in [0, 0.1) is 18.3 Å². The highest BCUT2D eigenvalue weighted by molar-refractivity contribution is 6.30. The fourth-order valence-electron chi connectivity index (χ4n) is 2.66. The first-order chi connectivity index (χ1) is 10.0. The number of nitrogens with zero attached hydrogens (tertiary/aromatic N) is 3. The highest BCUT2D eigenvalue weighted by Gasteiger charge is 2.34. The van der Waals surface area contributed by atoms with Crippen LogP contribution in [0.25, 0.3) is 0 Å². The number of allylic oxidation sites excluding steroid dienone is 1. The van der Waals surface area contributed by atoms with Crippen molar-refractivity contribution in [3.8, 4) is 11.9 Å². The third-order valence-electron chi connectivity index (χ3n) is 3.59. The second-order valence-electron chi connectivity index (χ2n) is 4.90. The second-order valence-corrected chi connectivity index (χ2v) is 5.34. The molecule has 2 heterocycles. The van der Waals surface area contributed by atoms with E-state index >= 15 is 0 Å². The summed E-state index contributed by atoms with van der Waals surface area (Å²) >= 11 is 5.94. The molecule has 1 aromatic heterocycles. The van der Waals surface area contributed by atoms with Gasteiger partial charge in [-0.2, -0.15) is 10.4 Å². The summed E-state index contributed by atoms with van der Waals surface area (Å²) in [6.45, 7) is 1.89. The van der Waals surface area contributed by atoms with Crippen LogP contribution in [0.15, 0.2) is 35.7 Å². The number of hydrogen-bond donors (Lipinski definition) is 1. The van der Waals surface area contributed by atoms with Crippen molar-refractivity contribution in [1.29, 1.82) is 5.26 Å². The topological polar surface area (TPSA) is 76.9 Å². The van der Waals surface area contributed by atoms with Crippen molar-refractivity contribution >= 4 is 11.6 Å². The maximum atomic E-state index is 9.45. The van der Waals surface area contributed by atoms with Gasteiger partial charge in [0.25, 0.3) is 0 Å². The largest absolute Gasteiger partial charge is 0.422 e. The number of hydrogen-bond acceptors (Lipinski definition) is 4. The molecule has 0 saturated carbocycles. The molecule has 1 unspecified atom stereocenters. The molecule has 0 bridgehead atoms. The molecule has 0 radical (unpaired) electrons. The fourth-order valence-corrected chi connectivity index (χ4v) is 2.79. The Morgan fingerprint density at radius 2 is 2.05 bits per heavy atom. The molecule has 106 valence electrons. The quantitative estimate of drug-likeness (QED) is 0.878. The molecular formula is C15H13ClN4O. The third kappa shape index (κ3) is 2.05. The summed E-state index contributed by atoms with van der Waals surface area (Å²) in [6, 6.07) is 9.52. The van der Waals surface area contributed by atoms with Crippen molar-refractivity contribution in [3.05, 3.63) is 57.6 Å². The van der Waals surface area contributed by atoms with Gasteiger partial charge < -0.3 is 10.5 Å². The summed E-state index contributed by atoms with van der Waals surface area (Å²) in [5.74, 6) is 0.404. The zero-order valence-electron chi connectivity index (χ0n) is 11.6. The van der Waals surface area contributed by atoms with Crippen molar-refractivity contribution in [2.45, 2.75) is 12.8 Å². The minimum atomic E-state index is -0.287. The SMILES string of the molecule is Cc1nn(C)c2c1C(c1ccc(Cl)cc1)C(C#N)=C(N)O2. The predicted octanol–water partition coefficient (Wildman–Crippen LogP) is 2.60. The first-order valence-corrected chi connectivity index (χ1v) is 6.77.